The fraction of sp³-hybridized carbons (Fsp3) is 0.429. The molecule has 0 unspecified atom stereocenters. The van der Waals surface area contributed by atoms with E-state index in [1.54, 1.807) is 0 Å². The van der Waals surface area contributed by atoms with Crippen molar-refractivity contribution in [1.29, 1.82) is 0 Å². The molecule has 24 heavy (non-hydrogen) atoms. The second-order valence-corrected chi connectivity index (χ2v) is 11.9. The summed E-state index contributed by atoms with van der Waals surface area (Å²) in [6.45, 7) is 11.1. The average molecular weight is 343 g/mol. The van der Waals surface area contributed by atoms with Crippen LogP contribution in [0.1, 0.15) is 34.6 Å². The molecular weight excluding hydrogens is 312 g/mol. The molecule has 2 atom stereocenters. The summed E-state index contributed by atoms with van der Waals surface area (Å²) in [5.74, 6) is 0.103. The number of hydrogen-bond donors (Lipinski definition) is 1. The zero-order valence-corrected chi connectivity index (χ0v) is 16.5. The van der Waals surface area contributed by atoms with Crippen LogP contribution in [0, 0.1) is 5.92 Å². The van der Waals surface area contributed by atoms with E-state index in [4.69, 9.17) is 4.43 Å². The number of aliphatic hydroxyl groups is 1. The van der Waals surface area contributed by atoms with Gasteiger partial charge in [0.2, 0.25) is 0 Å². The lowest BCUT2D eigenvalue weighted by Gasteiger charge is -2.45. The van der Waals surface area contributed by atoms with Crippen molar-refractivity contribution < 1.29 is 9.53 Å². The van der Waals surface area contributed by atoms with Crippen molar-refractivity contribution in [2.75, 3.05) is 6.61 Å². The zero-order chi connectivity index (χ0) is 17.8. The minimum Gasteiger partial charge on any atom is -0.404 e. The molecular formula is C21H30O2Si. The summed E-state index contributed by atoms with van der Waals surface area (Å²) < 4.78 is 6.91. The summed E-state index contributed by atoms with van der Waals surface area (Å²) in [6.07, 6.45) is -0.0127. The van der Waals surface area contributed by atoms with E-state index in [2.05, 4.69) is 88.4 Å². The standard InChI is InChI=1S/C21H30O2Si/c1-17(16-22)18(2)23-24(21(3,4)5,19-12-8-6-9-13-19)20-14-10-7-11-15-20/h6-15,17-18,22H,16H2,1-5H3/t17-,18+/m1/s1. The van der Waals surface area contributed by atoms with Crippen molar-refractivity contribution in [3.8, 4) is 0 Å². The molecule has 2 nitrogen and oxygen atoms in total. The van der Waals surface area contributed by atoms with Gasteiger partial charge in [0.05, 0.1) is 0 Å². The van der Waals surface area contributed by atoms with Crippen LogP contribution in [0.25, 0.3) is 0 Å². The van der Waals surface area contributed by atoms with Crippen molar-refractivity contribution in [1.82, 2.24) is 0 Å². The third-order valence-corrected chi connectivity index (χ3v) is 10.00. The molecule has 0 aliphatic rings. The molecule has 3 heteroatoms. The van der Waals surface area contributed by atoms with Crippen LogP contribution in [-0.4, -0.2) is 26.1 Å². The molecule has 1 N–H and O–H groups in total. The highest BCUT2D eigenvalue weighted by molar-refractivity contribution is 6.99. The predicted octanol–water partition coefficient (Wildman–Crippen LogP) is 3.58. The van der Waals surface area contributed by atoms with Crippen LogP contribution in [0.2, 0.25) is 5.04 Å². The van der Waals surface area contributed by atoms with E-state index in [9.17, 15) is 5.11 Å². The van der Waals surface area contributed by atoms with Gasteiger partial charge >= 0.3 is 0 Å². The van der Waals surface area contributed by atoms with Gasteiger partial charge in [0.25, 0.3) is 8.32 Å². The predicted molar refractivity (Wildman–Crippen MR) is 104 cm³/mol. The quantitative estimate of drug-likeness (QED) is 0.813. The molecule has 0 fully saturated rings. The van der Waals surface area contributed by atoms with Crippen LogP contribution >= 0.6 is 0 Å². The SMILES string of the molecule is C[C@H](CO)[C@H](C)O[Si](c1ccccc1)(c1ccccc1)C(C)(C)C. The second kappa shape index (κ2) is 7.64. The van der Waals surface area contributed by atoms with Gasteiger partial charge in [-0.2, -0.15) is 0 Å². The van der Waals surface area contributed by atoms with Crippen LogP contribution in [0.4, 0.5) is 0 Å². The van der Waals surface area contributed by atoms with Gasteiger partial charge in [-0.15, -0.1) is 0 Å². The number of benzene rings is 2. The number of hydrogen-bond acceptors (Lipinski definition) is 2. The van der Waals surface area contributed by atoms with Gasteiger partial charge in [0, 0.05) is 18.6 Å². The zero-order valence-electron chi connectivity index (χ0n) is 15.5. The van der Waals surface area contributed by atoms with Crippen LogP contribution in [-0.2, 0) is 4.43 Å². The fourth-order valence-corrected chi connectivity index (χ4v) is 8.04. The topological polar surface area (TPSA) is 29.5 Å². The lowest BCUT2D eigenvalue weighted by molar-refractivity contribution is 0.102. The molecule has 0 saturated carbocycles. The first-order valence-electron chi connectivity index (χ1n) is 8.72. The molecule has 130 valence electrons. The van der Waals surface area contributed by atoms with Crippen molar-refractivity contribution in [2.24, 2.45) is 5.92 Å². The largest absolute Gasteiger partial charge is 0.404 e. The van der Waals surface area contributed by atoms with Crippen molar-refractivity contribution in [3.63, 3.8) is 0 Å². The Morgan fingerprint density at radius 2 is 1.29 bits per heavy atom. The Labute approximate surface area is 147 Å². The van der Waals surface area contributed by atoms with E-state index in [-0.39, 0.29) is 23.7 Å². The van der Waals surface area contributed by atoms with E-state index >= 15 is 0 Å². The molecule has 0 saturated heterocycles. The Bertz CT molecular complexity index is 580. The van der Waals surface area contributed by atoms with Crippen LogP contribution in [0.15, 0.2) is 60.7 Å². The minimum atomic E-state index is -2.50. The molecule has 0 heterocycles. The van der Waals surface area contributed by atoms with Gasteiger partial charge in [-0.1, -0.05) is 88.4 Å². The monoisotopic (exact) mass is 342 g/mol. The van der Waals surface area contributed by atoms with E-state index < -0.39 is 8.32 Å². The number of aliphatic hydroxyl groups excluding tert-OH is 1. The molecule has 0 aliphatic carbocycles. The summed E-state index contributed by atoms with van der Waals surface area (Å²) >= 11 is 0. The lowest BCUT2D eigenvalue weighted by Crippen LogP contribution is -2.68. The van der Waals surface area contributed by atoms with Gasteiger partial charge in [-0.05, 0) is 22.3 Å². The molecule has 2 rings (SSSR count). The van der Waals surface area contributed by atoms with Gasteiger partial charge in [-0.3, -0.25) is 0 Å². The number of rotatable bonds is 6. The van der Waals surface area contributed by atoms with Crippen molar-refractivity contribution >= 4 is 18.7 Å². The fourth-order valence-electron chi connectivity index (χ4n) is 3.23. The summed E-state index contributed by atoms with van der Waals surface area (Å²) in [4.78, 5) is 0. The molecule has 2 aromatic rings. The van der Waals surface area contributed by atoms with E-state index in [0.29, 0.717) is 0 Å². The third kappa shape index (κ3) is 3.64. The van der Waals surface area contributed by atoms with Crippen LogP contribution in [0.5, 0.6) is 0 Å². The highest BCUT2D eigenvalue weighted by Gasteiger charge is 2.51. The Hall–Kier alpha value is -1.42. The Morgan fingerprint density at radius 3 is 1.62 bits per heavy atom. The van der Waals surface area contributed by atoms with Gasteiger partial charge < -0.3 is 9.53 Å². The third-order valence-electron chi connectivity index (χ3n) is 4.87. The Morgan fingerprint density at radius 1 is 0.875 bits per heavy atom. The summed E-state index contributed by atoms with van der Waals surface area (Å²) in [6, 6.07) is 21.3. The second-order valence-electron chi connectivity index (χ2n) is 7.65. The molecule has 0 radical (unpaired) electrons. The summed E-state index contributed by atoms with van der Waals surface area (Å²) in [5, 5.41) is 12.1. The molecule has 0 aromatic heterocycles. The van der Waals surface area contributed by atoms with Crippen LogP contribution in [0.3, 0.4) is 0 Å². The average Bonchev–Trinajstić information content (AvgIpc) is 2.59. The smallest absolute Gasteiger partial charge is 0.261 e. The Kier molecular flexibility index (Phi) is 6.02. The van der Waals surface area contributed by atoms with Gasteiger partial charge in [-0.25, -0.2) is 0 Å². The van der Waals surface area contributed by atoms with Crippen molar-refractivity contribution in [3.05, 3.63) is 60.7 Å². The molecule has 2 aromatic carbocycles. The van der Waals surface area contributed by atoms with Crippen LogP contribution < -0.4 is 10.4 Å². The first-order valence-corrected chi connectivity index (χ1v) is 10.6. The summed E-state index contributed by atoms with van der Waals surface area (Å²) in [5.41, 5.74) is 0. The maximum Gasteiger partial charge on any atom is 0.261 e. The molecule has 0 spiro atoms. The van der Waals surface area contributed by atoms with Gasteiger partial charge in [0.15, 0.2) is 0 Å². The molecule has 0 aliphatic heterocycles. The first-order chi connectivity index (χ1) is 11.3. The Balaban J connectivity index is 2.66. The molecule has 0 amide bonds. The maximum absolute atomic E-state index is 9.58. The summed E-state index contributed by atoms with van der Waals surface area (Å²) in [7, 11) is -2.50. The highest BCUT2D eigenvalue weighted by Crippen LogP contribution is 2.38. The van der Waals surface area contributed by atoms with E-state index in [1.165, 1.54) is 10.4 Å². The maximum atomic E-state index is 9.58. The van der Waals surface area contributed by atoms with Crippen molar-refractivity contribution in [2.45, 2.75) is 45.8 Å². The first kappa shape index (κ1) is 18.9. The lowest BCUT2D eigenvalue weighted by atomic mass is 10.1. The minimum absolute atomic E-state index is 0.0127. The molecule has 0 bridgehead atoms. The highest BCUT2D eigenvalue weighted by atomic mass is 28.4. The van der Waals surface area contributed by atoms with E-state index in [0.717, 1.165) is 0 Å². The van der Waals surface area contributed by atoms with Gasteiger partial charge in [0.1, 0.15) is 0 Å². The van der Waals surface area contributed by atoms with E-state index in [1.807, 2.05) is 6.92 Å². The normalized spacial score (nSPS) is 15.1.